The predicted octanol–water partition coefficient (Wildman–Crippen LogP) is 3.73. The van der Waals surface area contributed by atoms with E-state index in [0.717, 1.165) is 15.4 Å². The molecule has 0 unspecified atom stereocenters. The van der Waals surface area contributed by atoms with Crippen LogP contribution in [0.15, 0.2) is 16.6 Å². The maximum atomic E-state index is 8.97. The Bertz CT molecular complexity index is 495. The maximum Gasteiger partial charge on any atom is 0.0834 e. The smallest absolute Gasteiger partial charge is 0.0834 e. The molecule has 0 saturated carbocycles. The van der Waals surface area contributed by atoms with E-state index in [9.17, 15) is 0 Å². The molecule has 0 fully saturated rings. The zero-order chi connectivity index (χ0) is 10.3. The molecular formula is C9H6BrCl2NO. The predicted molar refractivity (Wildman–Crippen MR) is 61.9 cm³/mol. The second-order valence-corrected chi connectivity index (χ2v) is 4.54. The molecule has 2 aromatic rings. The Kier molecular flexibility index (Phi) is 2.75. The van der Waals surface area contributed by atoms with Gasteiger partial charge in [0.15, 0.2) is 0 Å². The summed E-state index contributed by atoms with van der Waals surface area (Å²) in [6, 6.07) is 3.57. The van der Waals surface area contributed by atoms with Crippen LogP contribution >= 0.6 is 39.1 Å². The van der Waals surface area contributed by atoms with Gasteiger partial charge in [-0.2, -0.15) is 0 Å². The van der Waals surface area contributed by atoms with Gasteiger partial charge in [0, 0.05) is 15.6 Å². The van der Waals surface area contributed by atoms with E-state index in [4.69, 9.17) is 28.3 Å². The Morgan fingerprint density at radius 2 is 2.07 bits per heavy atom. The molecular weight excluding hydrogens is 289 g/mol. The fraction of sp³-hybridized carbons (Fsp3) is 0.111. The van der Waals surface area contributed by atoms with Gasteiger partial charge in [-0.25, -0.2) is 0 Å². The molecule has 1 aromatic heterocycles. The second-order valence-electron chi connectivity index (χ2n) is 2.90. The highest BCUT2D eigenvalue weighted by atomic mass is 79.9. The molecule has 0 aliphatic heterocycles. The van der Waals surface area contributed by atoms with Crippen molar-refractivity contribution >= 4 is 50.0 Å². The van der Waals surface area contributed by atoms with E-state index in [1.165, 1.54) is 0 Å². The number of H-pyrrole nitrogens is 1. The highest BCUT2D eigenvalue weighted by Gasteiger charge is 2.10. The minimum atomic E-state index is -0.0466. The number of aliphatic hydroxyl groups is 1. The highest BCUT2D eigenvalue weighted by Crippen LogP contribution is 2.36. The molecule has 0 amide bonds. The fourth-order valence-electron chi connectivity index (χ4n) is 1.33. The third-order valence-corrected chi connectivity index (χ3v) is 3.43. The molecule has 0 saturated heterocycles. The van der Waals surface area contributed by atoms with Crippen LogP contribution in [-0.2, 0) is 6.61 Å². The third-order valence-electron chi connectivity index (χ3n) is 1.98. The first kappa shape index (κ1) is 10.3. The fourth-order valence-corrected chi connectivity index (χ4v) is 2.41. The molecule has 0 aliphatic carbocycles. The molecule has 2 N–H and O–H groups in total. The van der Waals surface area contributed by atoms with Crippen molar-refractivity contribution in [3.63, 3.8) is 0 Å². The lowest BCUT2D eigenvalue weighted by molar-refractivity contribution is 0.278. The molecule has 0 atom stereocenters. The van der Waals surface area contributed by atoms with Gasteiger partial charge in [0.05, 0.1) is 22.2 Å². The average Bonchev–Trinajstić information content (AvgIpc) is 2.58. The number of aromatic nitrogens is 1. The van der Waals surface area contributed by atoms with Crippen molar-refractivity contribution < 1.29 is 5.11 Å². The molecule has 2 rings (SSSR count). The monoisotopic (exact) mass is 293 g/mol. The summed E-state index contributed by atoms with van der Waals surface area (Å²) in [6.07, 6.45) is 0. The molecule has 2 nitrogen and oxygen atoms in total. The van der Waals surface area contributed by atoms with Crippen LogP contribution in [0.3, 0.4) is 0 Å². The lowest BCUT2D eigenvalue weighted by Gasteiger charge is -1.99. The van der Waals surface area contributed by atoms with Crippen molar-refractivity contribution in [3.05, 3.63) is 32.3 Å². The SMILES string of the molecule is OCc1cc2c(Br)cc(Cl)c(Cl)c2[nH]1. The van der Waals surface area contributed by atoms with Crippen molar-refractivity contribution in [1.29, 1.82) is 0 Å². The molecule has 0 radical (unpaired) electrons. The topological polar surface area (TPSA) is 36.0 Å². The van der Waals surface area contributed by atoms with Crippen molar-refractivity contribution in [2.45, 2.75) is 6.61 Å². The number of nitrogens with one attached hydrogen (secondary N) is 1. The number of hydrogen-bond acceptors (Lipinski definition) is 1. The summed E-state index contributed by atoms with van der Waals surface area (Å²) in [5.41, 5.74) is 1.46. The lowest BCUT2D eigenvalue weighted by Crippen LogP contribution is -1.80. The zero-order valence-electron chi connectivity index (χ0n) is 6.94. The minimum Gasteiger partial charge on any atom is -0.390 e. The Balaban J connectivity index is 2.84. The van der Waals surface area contributed by atoms with Gasteiger partial charge < -0.3 is 10.1 Å². The Labute approximate surface area is 99.0 Å². The minimum absolute atomic E-state index is 0.0466. The molecule has 1 heterocycles. The van der Waals surface area contributed by atoms with Crippen molar-refractivity contribution in [3.8, 4) is 0 Å². The standard InChI is InChI=1S/C9H6BrCl2NO/c10-6-2-7(11)8(12)9-5(6)1-4(3-14)13-9/h1-2,13-14H,3H2. The van der Waals surface area contributed by atoms with E-state index >= 15 is 0 Å². The van der Waals surface area contributed by atoms with E-state index in [2.05, 4.69) is 20.9 Å². The number of aromatic amines is 1. The van der Waals surface area contributed by atoms with Gasteiger partial charge in [0.1, 0.15) is 0 Å². The first-order chi connectivity index (χ1) is 6.63. The number of fused-ring (bicyclic) bond motifs is 1. The first-order valence-electron chi connectivity index (χ1n) is 3.89. The molecule has 0 aliphatic rings. The summed E-state index contributed by atoms with van der Waals surface area (Å²) in [5, 5.41) is 10.8. The number of hydrogen-bond donors (Lipinski definition) is 2. The van der Waals surface area contributed by atoms with Gasteiger partial charge in [-0.1, -0.05) is 39.1 Å². The Morgan fingerprint density at radius 3 is 2.71 bits per heavy atom. The largest absolute Gasteiger partial charge is 0.390 e. The van der Waals surface area contributed by atoms with Crippen LogP contribution in [0.25, 0.3) is 10.9 Å². The van der Waals surface area contributed by atoms with Crippen LogP contribution in [0.1, 0.15) is 5.69 Å². The highest BCUT2D eigenvalue weighted by molar-refractivity contribution is 9.10. The number of benzene rings is 1. The zero-order valence-corrected chi connectivity index (χ0v) is 10.0. The van der Waals surface area contributed by atoms with Crippen LogP contribution in [0.4, 0.5) is 0 Å². The van der Waals surface area contributed by atoms with E-state index < -0.39 is 0 Å². The quantitative estimate of drug-likeness (QED) is 0.773. The summed E-state index contributed by atoms with van der Waals surface area (Å²) in [5.74, 6) is 0. The summed E-state index contributed by atoms with van der Waals surface area (Å²) in [7, 11) is 0. The van der Waals surface area contributed by atoms with Crippen LogP contribution in [-0.4, -0.2) is 10.1 Å². The van der Waals surface area contributed by atoms with E-state index in [1.54, 1.807) is 6.07 Å². The van der Waals surface area contributed by atoms with Crippen LogP contribution in [0.2, 0.25) is 10.0 Å². The first-order valence-corrected chi connectivity index (χ1v) is 5.44. The third kappa shape index (κ3) is 1.54. The second kappa shape index (κ2) is 3.74. The summed E-state index contributed by atoms with van der Waals surface area (Å²) in [6.45, 7) is -0.0466. The molecule has 0 spiro atoms. The number of aliphatic hydroxyl groups excluding tert-OH is 1. The van der Waals surface area contributed by atoms with Gasteiger partial charge >= 0.3 is 0 Å². The van der Waals surface area contributed by atoms with Crippen LogP contribution in [0.5, 0.6) is 0 Å². The summed E-state index contributed by atoms with van der Waals surface area (Å²) in [4.78, 5) is 3.00. The molecule has 1 aromatic carbocycles. The van der Waals surface area contributed by atoms with E-state index in [1.807, 2.05) is 6.07 Å². The Morgan fingerprint density at radius 1 is 1.36 bits per heavy atom. The lowest BCUT2D eigenvalue weighted by atomic mass is 10.2. The average molecular weight is 295 g/mol. The normalized spacial score (nSPS) is 11.1. The van der Waals surface area contributed by atoms with Gasteiger partial charge in [0.25, 0.3) is 0 Å². The van der Waals surface area contributed by atoms with E-state index in [0.29, 0.717) is 15.7 Å². The van der Waals surface area contributed by atoms with E-state index in [-0.39, 0.29) is 6.61 Å². The van der Waals surface area contributed by atoms with Gasteiger partial charge in [-0.3, -0.25) is 0 Å². The molecule has 74 valence electrons. The number of rotatable bonds is 1. The van der Waals surface area contributed by atoms with Gasteiger partial charge in [0.2, 0.25) is 0 Å². The van der Waals surface area contributed by atoms with Gasteiger partial charge in [-0.15, -0.1) is 0 Å². The number of halogens is 3. The molecule has 0 bridgehead atoms. The van der Waals surface area contributed by atoms with Crippen molar-refractivity contribution in [2.75, 3.05) is 0 Å². The maximum absolute atomic E-state index is 8.97. The van der Waals surface area contributed by atoms with Crippen LogP contribution in [0, 0.1) is 0 Å². The van der Waals surface area contributed by atoms with Crippen LogP contribution < -0.4 is 0 Å². The summed E-state index contributed by atoms with van der Waals surface area (Å²) >= 11 is 15.3. The van der Waals surface area contributed by atoms with Gasteiger partial charge in [-0.05, 0) is 12.1 Å². The molecule has 5 heteroatoms. The summed E-state index contributed by atoms with van der Waals surface area (Å²) < 4.78 is 0.859. The van der Waals surface area contributed by atoms with Crippen molar-refractivity contribution in [2.24, 2.45) is 0 Å². The van der Waals surface area contributed by atoms with Crippen molar-refractivity contribution in [1.82, 2.24) is 4.98 Å². The molecule has 14 heavy (non-hydrogen) atoms. The Hall–Kier alpha value is -0.220.